The Morgan fingerprint density at radius 1 is 1.29 bits per heavy atom. The number of anilines is 1. The molecule has 0 saturated heterocycles. The molecule has 0 bridgehead atoms. The first-order valence-corrected chi connectivity index (χ1v) is 6.97. The fourth-order valence-electron chi connectivity index (χ4n) is 2.70. The third-order valence-corrected chi connectivity index (χ3v) is 3.74. The van der Waals surface area contributed by atoms with E-state index in [0.29, 0.717) is 24.7 Å². The van der Waals surface area contributed by atoms with Gasteiger partial charge in [-0.1, -0.05) is 19.9 Å². The summed E-state index contributed by atoms with van der Waals surface area (Å²) in [7, 11) is 0. The van der Waals surface area contributed by atoms with Crippen LogP contribution in [0.15, 0.2) is 18.2 Å². The summed E-state index contributed by atoms with van der Waals surface area (Å²) >= 11 is 0. The summed E-state index contributed by atoms with van der Waals surface area (Å²) < 4.78 is 15.8. The van der Waals surface area contributed by atoms with E-state index in [1.54, 1.807) is 12.1 Å². The highest BCUT2D eigenvalue weighted by Crippen LogP contribution is 2.27. The Hall–Kier alpha value is -2.42. The van der Waals surface area contributed by atoms with Crippen LogP contribution in [0.5, 0.6) is 0 Å². The van der Waals surface area contributed by atoms with Crippen LogP contribution in [-0.4, -0.2) is 21.3 Å². The fourth-order valence-corrected chi connectivity index (χ4v) is 2.70. The van der Waals surface area contributed by atoms with Gasteiger partial charge in [0.15, 0.2) is 5.82 Å². The average molecular weight is 285 g/mol. The van der Waals surface area contributed by atoms with E-state index >= 15 is 0 Å². The maximum absolute atomic E-state index is 13.7. The van der Waals surface area contributed by atoms with E-state index in [0.717, 1.165) is 18.2 Å². The van der Waals surface area contributed by atoms with Crippen molar-refractivity contribution in [2.45, 2.75) is 32.9 Å². The number of hydrogen-bond acceptors (Lipinski definition) is 4. The first-order valence-electron chi connectivity index (χ1n) is 6.97. The van der Waals surface area contributed by atoms with Crippen LogP contribution >= 0.6 is 0 Å². The Morgan fingerprint density at radius 3 is 2.81 bits per heavy atom. The first kappa shape index (κ1) is 13.6. The zero-order valence-corrected chi connectivity index (χ0v) is 12.0. The van der Waals surface area contributed by atoms with Crippen molar-refractivity contribution in [3.8, 4) is 6.07 Å². The van der Waals surface area contributed by atoms with Crippen LogP contribution in [0, 0.1) is 17.1 Å². The number of halogens is 1. The Bertz CT molecular complexity index is 713. The van der Waals surface area contributed by atoms with Gasteiger partial charge >= 0.3 is 0 Å². The van der Waals surface area contributed by atoms with Crippen molar-refractivity contribution in [1.82, 2.24) is 14.8 Å². The van der Waals surface area contributed by atoms with Gasteiger partial charge in [0.1, 0.15) is 23.3 Å². The van der Waals surface area contributed by atoms with Crippen LogP contribution in [0.1, 0.15) is 37.0 Å². The Labute approximate surface area is 122 Å². The number of nitrogens with zero attached hydrogens (tertiary/aromatic N) is 5. The molecule has 0 saturated carbocycles. The fraction of sp³-hybridized carbons (Fsp3) is 0.400. The van der Waals surface area contributed by atoms with Crippen LogP contribution in [0.4, 0.5) is 10.1 Å². The minimum absolute atomic E-state index is 0.0922. The quantitative estimate of drug-likeness (QED) is 0.850. The molecule has 0 fully saturated rings. The van der Waals surface area contributed by atoms with Crippen molar-refractivity contribution < 1.29 is 4.39 Å². The lowest BCUT2D eigenvalue weighted by Gasteiger charge is -2.30. The van der Waals surface area contributed by atoms with Gasteiger partial charge < -0.3 is 9.47 Å². The van der Waals surface area contributed by atoms with Crippen molar-refractivity contribution in [2.75, 3.05) is 11.4 Å². The summed E-state index contributed by atoms with van der Waals surface area (Å²) in [5, 5.41) is 17.6. The average Bonchev–Trinajstić information content (AvgIpc) is 2.90. The van der Waals surface area contributed by atoms with Crippen LogP contribution in [0.2, 0.25) is 0 Å². The highest BCUT2D eigenvalue weighted by atomic mass is 19.1. The number of benzene rings is 1. The van der Waals surface area contributed by atoms with E-state index in [2.05, 4.69) is 28.6 Å². The van der Waals surface area contributed by atoms with Gasteiger partial charge in [-0.3, -0.25) is 0 Å². The first-order chi connectivity index (χ1) is 10.1. The lowest BCUT2D eigenvalue weighted by atomic mass is 10.1. The SMILES string of the molecule is CC(C)c1nnc2n1CCN(c1cccc(F)c1C#N)C2. The highest BCUT2D eigenvalue weighted by molar-refractivity contribution is 5.60. The van der Waals surface area contributed by atoms with Gasteiger partial charge in [0.05, 0.1) is 12.2 Å². The largest absolute Gasteiger partial charge is 0.361 e. The third-order valence-electron chi connectivity index (χ3n) is 3.74. The second-order valence-corrected chi connectivity index (χ2v) is 5.45. The molecule has 3 rings (SSSR count). The maximum atomic E-state index is 13.7. The zero-order valence-electron chi connectivity index (χ0n) is 12.0. The molecule has 0 atom stereocenters. The minimum atomic E-state index is -0.482. The molecule has 0 N–H and O–H groups in total. The molecule has 1 aromatic heterocycles. The smallest absolute Gasteiger partial charge is 0.152 e. The van der Waals surface area contributed by atoms with Gasteiger partial charge in [-0.25, -0.2) is 4.39 Å². The van der Waals surface area contributed by atoms with E-state index in [9.17, 15) is 4.39 Å². The molecule has 0 spiro atoms. The predicted octanol–water partition coefficient (Wildman–Crippen LogP) is 2.43. The van der Waals surface area contributed by atoms with Crippen LogP contribution in [-0.2, 0) is 13.1 Å². The van der Waals surface area contributed by atoms with E-state index in [4.69, 9.17) is 5.26 Å². The lowest BCUT2D eigenvalue weighted by Crippen LogP contribution is -2.35. The number of aromatic nitrogens is 3. The molecule has 1 aromatic carbocycles. The highest BCUT2D eigenvalue weighted by Gasteiger charge is 2.24. The molecule has 0 radical (unpaired) electrons. The maximum Gasteiger partial charge on any atom is 0.152 e. The molecular formula is C15H16FN5. The molecule has 2 aromatic rings. The van der Waals surface area contributed by atoms with Crippen molar-refractivity contribution >= 4 is 5.69 Å². The molecule has 0 amide bonds. The predicted molar refractivity (Wildman–Crippen MR) is 76.3 cm³/mol. The van der Waals surface area contributed by atoms with Crippen molar-refractivity contribution in [2.24, 2.45) is 0 Å². The Balaban J connectivity index is 1.94. The molecule has 0 aliphatic carbocycles. The minimum Gasteiger partial charge on any atom is -0.361 e. The summed E-state index contributed by atoms with van der Waals surface area (Å²) in [5.74, 6) is 1.68. The topological polar surface area (TPSA) is 57.7 Å². The van der Waals surface area contributed by atoms with Crippen molar-refractivity contribution in [1.29, 1.82) is 5.26 Å². The summed E-state index contributed by atoms with van der Waals surface area (Å²) in [6, 6.07) is 6.66. The zero-order chi connectivity index (χ0) is 15.0. The van der Waals surface area contributed by atoms with E-state index < -0.39 is 5.82 Å². The number of fused-ring (bicyclic) bond motifs is 1. The van der Waals surface area contributed by atoms with Gasteiger partial charge in [-0.15, -0.1) is 10.2 Å². The number of rotatable bonds is 2. The Kier molecular flexibility index (Phi) is 3.34. The van der Waals surface area contributed by atoms with Crippen molar-refractivity contribution in [3.05, 3.63) is 41.2 Å². The molecule has 108 valence electrons. The third kappa shape index (κ3) is 2.25. The van der Waals surface area contributed by atoms with Gasteiger partial charge in [-0.2, -0.15) is 5.26 Å². The summed E-state index contributed by atoms with van der Waals surface area (Å²) in [6.45, 7) is 6.17. The van der Waals surface area contributed by atoms with Gasteiger partial charge in [0, 0.05) is 19.0 Å². The molecule has 2 heterocycles. The monoisotopic (exact) mass is 285 g/mol. The summed E-state index contributed by atoms with van der Waals surface area (Å²) in [4.78, 5) is 1.98. The standard InChI is InChI=1S/C15H16FN5/c1-10(2)15-19-18-14-9-20(6-7-21(14)15)13-5-3-4-12(16)11(13)8-17/h3-5,10H,6-7,9H2,1-2H3. The molecular weight excluding hydrogens is 269 g/mol. The van der Waals surface area contributed by atoms with E-state index in [1.165, 1.54) is 6.07 Å². The normalized spacial score (nSPS) is 14.1. The Morgan fingerprint density at radius 2 is 2.10 bits per heavy atom. The van der Waals surface area contributed by atoms with Crippen LogP contribution in [0.25, 0.3) is 0 Å². The number of nitriles is 1. The van der Waals surface area contributed by atoms with E-state index in [-0.39, 0.29) is 5.56 Å². The molecule has 5 nitrogen and oxygen atoms in total. The number of hydrogen-bond donors (Lipinski definition) is 0. The molecule has 6 heteroatoms. The summed E-state index contributed by atoms with van der Waals surface area (Å²) in [5.41, 5.74) is 0.715. The molecule has 1 aliphatic heterocycles. The summed E-state index contributed by atoms with van der Waals surface area (Å²) in [6.07, 6.45) is 0. The van der Waals surface area contributed by atoms with Crippen molar-refractivity contribution in [3.63, 3.8) is 0 Å². The lowest BCUT2D eigenvalue weighted by molar-refractivity contribution is 0.530. The van der Waals surface area contributed by atoms with Gasteiger partial charge in [0.2, 0.25) is 0 Å². The molecule has 0 unspecified atom stereocenters. The second-order valence-electron chi connectivity index (χ2n) is 5.45. The van der Waals surface area contributed by atoms with Gasteiger partial charge in [0.25, 0.3) is 0 Å². The van der Waals surface area contributed by atoms with Gasteiger partial charge in [-0.05, 0) is 12.1 Å². The molecule has 21 heavy (non-hydrogen) atoms. The van der Waals surface area contributed by atoms with Crippen LogP contribution < -0.4 is 4.90 Å². The molecule has 1 aliphatic rings. The van der Waals surface area contributed by atoms with Crippen LogP contribution in [0.3, 0.4) is 0 Å². The second kappa shape index (κ2) is 5.17. The van der Waals surface area contributed by atoms with E-state index in [1.807, 2.05) is 11.0 Å².